The summed E-state index contributed by atoms with van der Waals surface area (Å²) < 4.78 is 5.17. The fourth-order valence-corrected chi connectivity index (χ4v) is 5.47. The van der Waals surface area contributed by atoms with E-state index >= 15 is 0 Å². The van der Waals surface area contributed by atoms with Crippen molar-refractivity contribution >= 4 is 17.7 Å². The molecule has 1 N–H and O–H groups in total. The average molecular weight is 350 g/mol. The summed E-state index contributed by atoms with van der Waals surface area (Å²) in [7, 11) is 0. The zero-order chi connectivity index (χ0) is 16.4. The lowest BCUT2D eigenvalue weighted by Crippen LogP contribution is -2.58. The van der Waals surface area contributed by atoms with Gasteiger partial charge < -0.3 is 14.6 Å². The Hall–Kier alpha value is -0.980. The number of piperidine rings is 3. The van der Waals surface area contributed by atoms with Gasteiger partial charge in [0, 0.05) is 50.3 Å². The number of nitrogens with zero attached hydrogens (tertiary/aromatic N) is 2. The molecule has 0 saturated carbocycles. The van der Waals surface area contributed by atoms with E-state index in [9.17, 15) is 4.79 Å². The highest BCUT2D eigenvalue weighted by atomic mass is 32.2. The van der Waals surface area contributed by atoms with Crippen molar-refractivity contribution in [1.82, 2.24) is 15.1 Å². The molecule has 0 spiro atoms. The molecule has 0 radical (unpaired) electrons. The van der Waals surface area contributed by atoms with Crippen molar-refractivity contribution in [2.75, 3.05) is 50.8 Å². The molecule has 4 saturated heterocycles. The molecule has 0 aromatic carbocycles. The Balaban J connectivity index is 1.27. The lowest BCUT2D eigenvalue weighted by atomic mass is 9.75. The first-order valence-corrected chi connectivity index (χ1v) is 10.3. The Bertz CT molecular complexity index is 544. The van der Waals surface area contributed by atoms with Gasteiger partial charge in [0.25, 0.3) is 5.91 Å². The fourth-order valence-electron chi connectivity index (χ4n) is 4.49. The first-order valence-electron chi connectivity index (χ1n) is 9.15. The van der Waals surface area contributed by atoms with Crippen molar-refractivity contribution in [3.05, 3.63) is 24.2 Å². The Morgan fingerprint density at radius 2 is 2.21 bits per heavy atom. The molecule has 5 heterocycles. The SMILES string of the molecule is O=C(NC[C@@H]1C[C@H]2CCN1C[C@@H]2CN1CCSCC1)c1ccco1. The van der Waals surface area contributed by atoms with E-state index in [1.807, 2.05) is 0 Å². The van der Waals surface area contributed by atoms with Crippen molar-refractivity contribution in [3.63, 3.8) is 0 Å². The van der Waals surface area contributed by atoms with Crippen molar-refractivity contribution in [1.29, 1.82) is 0 Å². The highest BCUT2D eigenvalue weighted by molar-refractivity contribution is 7.99. The molecule has 2 bridgehead atoms. The Kier molecular flexibility index (Phi) is 5.15. The number of fused-ring (bicyclic) bond motifs is 3. The summed E-state index contributed by atoms with van der Waals surface area (Å²) in [5.74, 6) is 4.55. The molecule has 4 aliphatic rings. The van der Waals surface area contributed by atoms with Crippen molar-refractivity contribution in [2.24, 2.45) is 11.8 Å². The first kappa shape index (κ1) is 16.5. The zero-order valence-corrected chi connectivity index (χ0v) is 15.0. The third-order valence-electron chi connectivity index (χ3n) is 5.85. The quantitative estimate of drug-likeness (QED) is 0.878. The molecule has 132 valence electrons. The molecule has 5 nitrogen and oxygen atoms in total. The molecule has 1 aromatic heterocycles. The Labute approximate surface area is 148 Å². The molecule has 5 rings (SSSR count). The molecule has 4 fully saturated rings. The van der Waals surface area contributed by atoms with E-state index < -0.39 is 0 Å². The summed E-state index contributed by atoms with van der Waals surface area (Å²) >= 11 is 2.08. The largest absolute Gasteiger partial charge is 0.459 e. The smallest absolute Gasteiger partial charge is 0.287 e. The van der Waals surface area contributed by atoms with Crippen LogP contribution < -0.4 is 5.32 Å². The van der Waals surface area contributed by atoms with Crippen LogP contribution in [-0.4, -0.2) is 72.5 Å². The van der Waals surface area contributed by atoms with E-state index in [0.29, 0.717) is 11.8 Å². The van der Waals surface area contributed by atoms with Crippen LogP contribution in [0.1, 0.15) is 23.4 Å². The number of thioether (sulfide) groups is 1. The van der Waals surface area contributed by atoms with E-state index in [4.69, 9.17) is 4.42 Å². The van der Waals surface area contributed by atoms with Gasteiger partial charge in [-0.3, -0.25) is 9.69 Å². The molecule has 0 aliphatic carbocycles. The first-order chi connectivity index (χ1) is 11.8. The van der Waals surface area contributed by atoms with Gasteiger partial charge in [-0.15, -0.1) is 0 Å². The predicted molar refractivity (Wildman–Crippen MR) is 96.4 cm³/mol. The maximum Gasteiger partial charge on any atom is 0.287 e. The minimum absolute atomic E-state index is 0.0926. The van der Waals surface area contributed by atoms with Gasteiger partial charge in [0.15, 0.2) is 5.76 Å². The van der Waals surface area contributed by atoms with Crippen LogP contribution in [0.15, 0.2) is 22.8 Å². The summed E-state index contributed by atoms with van der Waals surface area (Å²) in [6.07, 6.45) is 4.10. The van der Waals surface area contributed by atoms with E-state index in [2.05, 4.69) is 26.9 Å². The third-order valence-corrected chi connectivity index (χ3v) is 6.80. The Morgan fingerprint density at radius 3 is 2.92 bits per heavy atom. The lowest BCUT2D eigenvalue weighted by molar-refractivity contribution is -0.0105. The number of rotatable bonds is 5. The standard InChI is InChI=1S/C18H27N3O2S/c22-18(17-2-1-7-23-17)19-11-16-10-14-3-4-21(16)13-15(14)12-20-5-8-24-9-6-20/h1-2,7,14-16H,3-6,8-13H2,(H,19,22)/t14-,15+,16+/m1/s1. The number of nitrogens with one attached hydrogen (secondary N) is 1. The monoisotopic (exact) mass is 349 g/mol. The summed E-state index contributed by atoms with van der Waals surface area (Å²) in [6.45, 7) is 6.93. The fraction of sp³-hybridized carbons (Fsp3) is 0.722. The molecule has 4 atom stereocenters. The van der Waals surface area contributed by atoms with E-state index in [1.54, 1.807) is 18.4 Å². The van der Waals surface area contributed by atoms with E-state index in [1.165, 1.54) is 57.1 Å². The molecular formula is C18H27N3O2S. The maximum atomic E-state index is 12.0. The minimum atomic E-state index is -0.0926. The van der Waals surface area contributed by atoms with Crippen molar-refractivity contribution in [3.8, 4) is 0 Å². The summed E-state index contributed by atoms with van der Waals surface area (Å²) in [5, 5.41) is 3.05. The summed E-state index contributed by atoms with van der Waals surface area (Å²) in [4.78, 5) is 17.3. The van der Waals surface area contributed by atoms with Crippen LogP contribution in [0.2, 0.25) is 0 Å². The van der Waals surface area contributed by atoms with Gasteiger partial charge >= 0.3 is 0 Å². The second-order valence-electron chi connectivity index (χ2n) is 7.29. The highest BCUT2D eigenvalue weighted by Crippen LogP contribution is 2.36. The average Bonchev–Trinajstić information content (AvgIpc) is 3.16. The van der Waals surface area contributed by atoms with E-state index in [-0.39, 0.29) is 5.91 Å². The van der Waals surface area contributed by atoms with Crippen LogP contribution in [0.5, 0.6) is 0 Å². The maximum absolute atomic E-state index is 12.0. The number of hydrogen-bond donors (Lipinski definition) is 1. The highest BCUT2D eigenvalue weighted by Gasteiger charge is 2.40. The topological polar surface area (TPSA) is 48.7 Å². The predicted octanol–water partition coefficient (Wildman–Crippen LogP) is 1.77. The minimum Gasteiger partial charge on any atom is -0.459 e. The van der Waals surface area contributed by atoms with Crippen LogP contribution in [0.4, 0.5) is 0 Å². The van der Waals surface area contributed by atoms with Gasteiger partial charge in [0.05, 0.1) is 6.26 Å². The normalized spacial score (nSPS) is 33.5. The summed E-state index contributed by atoms with van der Waals surface area (Å²) in [6, 6.07) is 3.97. The Morgan fingerprint density at radius 1 is 1.33 bits per heavy atom. The molecule has 6 heteroatoms. The van der Waals surface area contributed by atoms with Gasteiger partial charge in [-0.2, -0.15) is 11.8 Å². The van der Waals surface area contributed by atoms with Gasteiger partial charge in [0.1, 0.15) is 0 Å². The van der Waals surface area contributed by atoms with Crippen LogP contribution in [0.3, 0.4) is 0 Å². The van der Waals surface area contributed by atoms with Gasteiger partial charge in [0.2, 0.25) is 0 Å². The zero-order valence-electron chi connectivity index (χ0n) is 14.2. The molecule has 4 aliphatic heterocycles. The van der Waals surface area contributed by atoms with Crippen LogP contribution >= 0.6 is 11.8 Å². The lowest BCUT2D eigenvalue weighted by Gasteiger charge is -2.51. The second-order valence-corrected chi connectivity index (χ2v) is 8.52. The molecule has 1 amide bonds. The van der Waals surface area contributed by atoms with Gasteiger partial charge in [-0.1, -0.05) is 0 Å². The van der Waals surface area contributed by atoms with E-state index in [0.717, 1.165) is 18.4 Å². The second kappa shape index (κ2) is 7.50. The van der Waals surface area contributed by atoms with Crippen molar-refractivity contribution < 1.29 is 9.21 Å². The summed E-state index contributed by atoms with van der Waals surface area (Å²) in [5.41, 5.74) is 0. The number of furan rings is 1. The van der Waals surface area contributed by atoms with Crippen molar-refractivity contribution in [2.45, 2.75) is 18.9 Å². The molecular weight excluding hydrogens is 322 g/mol. The van der Waals surface area contributed by atoms with Crippen LogP contribution in [0, 0.1) is 11.8 Å². The third kappa shape index (κ3) is 3.65. The number of amides is 1. The number of carbonyl (C=O) groups excluding carboxylic acids is 1. The van der Waals surface area contributed by atoms with Crippen LogP contribution in [0.25, 0.3) is 0 Å². The van der Waals surface area contributed by atoms with Gasteiger partial charge in [-0.25, -0.2) is 0 Å². The molecule has 24 heavy (non-hydrogen) atoms. The molecule has 1 aromatic rings. The number of carbonyl (C=O) groups is 1. The van der Waals surface area contributed by atoms with Gasteiger partial charge in [-0.05, 0) is 43.4 Å². The van der Waals surface area contributed by atoms with Crippen LogP contribution in [-0.2, 0) is 0 Å². The molecule has 1 unspecified atom stereocenters. The number of hydrogen-bond acceptors (Lipinski definition) is 5.